The summed E-state index contributed by atoms with van der Waals surface area (Å²) in [6, 6.07) is 13.7. The molecule has 0 unspecified atom stereocenters. The van der Waals surface area contributed by atoms with Crippen LogP contribution in [-0.4, -0.2) is 31.1 Å². The molecular weight excluding hydrogens is 548 g/mol. The molecular formula is C21H17BrN4O8S. The molecule has 35 heavy (non-hydrogen) atoms. The second-order valence-corrected chi connectivity index (χ2v) is 9.10. The van der Waals surface area contributed by atoms with E-state index in [2.05, 4.69) is 26.5 Å². The van der Waals surface area contributed by atoms with Gasteiger partial charge >= 0.3 is 15.8 Å². The van der Waals surface area contributed by atoms with Crippen LogP contribution in [0.4, 0.5) is 17.1 Å². The van der Waals surface area contributed by atoms with E-state index in [1.54, 1.807) is 25.1 Å². The maximum Gasteiger partial charge on any atom is 0.339 e. The van der Waals surface area contributed by atoms with Crippen LogP contribution >= 0.6 is 15.9 Å². The Hall–Kier alpha value is -4.04. The average Bonchev–Trinajstić information content (AvgIpc) is 2.82. The number of anilines is 1. The van der Waals surface area contributed by atoms with Crippen molar-refractivity contribution < 1.29 is 27.2 Å². The monoisotopic (exact) mass is 564 g/mol. The van der Waals surface area contributed by atoms with E-state index in [0.29, 0.717) is 5.56 Å². The molecule has 0 atom stereocenters. The number of halogens is 1. The molecule has 182 valence electrons. The number of non-ortho nitro benzene ring substituents is 1. The summed E-state index contributed by atoms with van der Waals surface area (Å²) in [5.41, 5.74) is 1.89. The number of ether oxygens (including phenoxy) is 1. The highest BCUT2D eigenvalue weighted by atomic mass is 79.9. The van der Waals surface area contributed by atoms with Gasteiger partial charge in [0.1, 0.15) is 10.6 Å². The van der Waals surface area contributed by atoms with Crippen LogP contribution in [0, 0.1) is 20.2 Å². The zero-order chi connectivity index (χ0) is 25.6. The molecule has 0 aromatic heterocycles. The van der Waals surface area contributed by atoms with Crippen LogP contribution in [0.15, 0.2) is 75.1 Å². The minimum Gasteiger partial charge on any atom is -0.490 e. The summed E-state index contributed by atoms with van der Waals surface area (Å²) in [5, 5.41) is 26.1. The van der Waals surface area contributed by atoms with Crippen molar-refractivity contribution in [2.75, 3.05) is 12.0 Å². The van der Waals surface area contributed by atoms with Crippen molar-refractivity contribution in [2.24, 2.45) is 5.10 Å². The molecule has 3 rings (SSSR count). The number of nitro benzene ring substituents is 2. The Morgan fingerprint density at radius 3 is 2.40 bits per heavy atom. The molecule has 0 saturated carbocycles. The van der Waals surface area contributed by atoms with Crippen LogP contribution in [0.2, 0.25) is 0 Å². The first-order chi connectivity index (χ1) is 16.6. The minimum atomic E-state index is -4.13. The van der Waals surface area contributed by atoms with Gasteiger partial charge in [-0.2, -0.15) is 13.5 Å². The molecule has 0 spiro atoms. The highest BCUT2D eigenvalue weighted by Crippen LogP contribution is 2.38. The van der Waals surface area contributed by atoms with Gasteiger partial charge in [0.2, 0.25) is 0 Å². The van der Waals surface area contributed by atoms with Gasteiger partial charge in [-0.05, 0) is 58.7 Å². The number of hydrazone groups is 1. The van der Waals surface area contributed by atoms with E-state index in [4.69, 9.17) is 8.92 Å². The van der Waals surface area contributed by atoms with Crippen molar-refractivity contribution in [3.05, 3.63) is 90.9 Å². The first-order valence-electron chi connectivity index (χ1n) is 9.80. The number of nitrogens with one attached hydrogen (secondary N) is 1. The van der Waals surface area contributed by atoms with Crippen LogP contribution in [0.1, 0.15) is 12.5 Å². The Morgan fingerprint density at radius 1 is 1.06 bits per heavy atom. The Bertz CT molecular complexity index is 1400. The van der Waals surface area contributed by atoms with E-state index < -0.39 is 31.3 Å². The maximum atomic E-state index is 12.6. The number of nitrogens with zero attached hydrogens (tertiary/aromatic N) is 3. The molecule has 0 aliphatic carbocycles. The normalized spacial score (nSPS) is 11.3. The summed E-state index contributed by atoms with van der Waals surface area (Å²) in [5.74, 6) is 0.0518. The van der Waals surface area contributed by atoms with E-state index in [-0.39, 0.29) is 33.2 Å². The smallest absolute Gasteiger partial charge is 0.339 e. The van der Waals surface area contributed by atoms with E-state index >= 15 is 0 Å². The highest BCUT2D eigenvalue weighted by molar-refractivity contribution is 9.10. The molecule has 0 heterocycles. The van der Waals surface area contributed by atoms with Crippen LogP contribution in [0.25, 0.3) is 0 Å². The van der Waals surface area contributed by atoms with Gasteiger partial charge in [0.15, 0.2) is 11.5 Å². The first kappa shape index (κ1) is 25.6. The molecule has 14 heteroatoms. The van der Waals surface area contributed by atoms with Crippen LogP contribution in [0.5, 0.6) is 11.5 Å². The lowest BCUT2D eigenvalue weighted by Crippen LogP contribution is -2.11. The molecule has 0 radical (unpaired) electrons. The number of nitro groups is 2. The van der Waals surface area contributed by atoms with Gasteiger partial charge < -0.3 is 8.92 Å². The van der Waals surface area contributed by atoms with Crippen molar-refractivity contribution in [3.63, 3.8) is 0 Å². The fourth-order valence-electron chi connectivity index (χ4n) is 2.81. The average molecular weight is 565 g/mol. The summed E-state index contributed by atoms with van der Waals surface area (Å²) < 4.78 is 36.4. The lowest BCUT2D eigenvalue weighted by molar-refractivity contribution is -0.393. The molecule has 0 saturated heterocycles. The molecule has 0 aliphatic rings. The summed E-state index contributed by atoms with van der Waals surface area (Å²) in [4.78, 5) is 20.6. The van der Waals surface area contributed by atoms with Gasteiger partial charge in [-0.3, -0.25) is 25.7 Å². The van der Waals surface area contributed by atoms with Gasteiger partial charge in [-0.25, -0.2) is 0 Å². The number of benzene rings is 3. The van der Waals surface area contributed by atoms with Gasteiger partial charge in [-0.15, -0.1) is 0 Å². The molecule has 3 aromatic carbocycles. The SMILES string of the molecule is CCOc1cc(/C=N\Nc2ccc([N+](=O)[O-])cc2[N+](=O)[O-])cc(Br)c1OS(=O)(=O)c1ccccc1. The van der Waals surface area contributed by atoms with Crippen molar-refractivity contribution in [2.45, 2.75) is 11.8 Å². The van der Waals surface area contributed by atoms with Crippen LogP contribution in [0.3, 0.4) is 0 Å². The van der Waals surface area contributed by atoms with E-state index in [0.717, 1.165) is 12.1 Å². The van der Waals surface area contributed by atoms with Gasteiger partial charge in [0.05, 0.1) is 33.2 Å². The highest BCUT2D eigenvalue weighted by Gasteiger charge is 2.22. The van der Waals surface area contributed by atoms with Gasteiger partial charge in [-0.1, -0.05) is 18.2 Å². The fraction of sp³-hybridized carbons (Fsp3) is 0.0952. The zero-order valence-electron chi connectivity index (χ0n) is 18.0. The Labute approximate surface area is 207 Å². The molecule has 0 aliphatic heterocycles. The summed E-state index contributed by atoms with van der Waals surface area (Å²) in [6.45, 7) is 1.92. The third kappa shape index (κ3) is 6.30. The Balaban J connectivity index is 1.88. The quantitative estimate of drug-likeness (QED) is 0.156. The summed E-state index contributed by atoms with van der Waals surface area (Å²) in [7, 11) is -4.13. The van der Waals surface area contributed by atoms with Crippen molar-refractivity contribution in [3.8, 4) is 11.5 Å². The molecule has 0 bridgehead atoms. The molecule has 0 amide bonds. The van der Waals surface area contributed by atoms with E-state index in [9.17, 15) is 28.6 Å². The molecule has 3 aromatic rings. The second kappa shape index (κ2) is 10.9. The van der Waals surface area contributed by atoms with E-state index in [1.807, 2.05) is 0 Å². The van der Waals surface area contributed by atoms with Crippen molar-refractivity contribution >= 4 is 49.3 Å². The van der Waals surface area contributed by atoms with E-state index in [1.165, 1.54) is 36.5 Å². The lowest BCUT2D eigenvalue weighted by Gasteiger charge is -2.14. The van der Waals surface area contributed by atoms with Crippen LogP contribution in [-0.2, 0) is 10.1 Å². The van der Waals surface area contributed by atoms with Crippen LogP contribution < -0.4 is 14.3 Å². The Kier molecular flexibility index (Phi) is 7.98. The van der Waals surface area contributed by atoms with Gasteiger partial charge in [0, 0.05) is 6.07 Å². The standard InChI is InChI=1S/C21H17BrN4O8S/c1-2-33-20-11-14(10-17(22)21(20)34-35(31,32)16-6-4-3-5-7-16)13-23-24-18-9-8-15(25(27)28)12-19(18)26(29)30/h3-13,24H,2H2,1H3/b23-13-. The largest absolute Gasteiger partial charge is 0.490 e. The van der Waals surface area contributed by atoms with Crippen molar-refractivity contribution in [1.82, 2.24) is 0 Å². The number of hydrogen-bond donors (Lipinski definition) is 1. The molecule has 0 fully saturated rings. The molecule has 1 N–H and O–H groups in total. The maximum absolute atomic E-state index is 12.6. The predicted octanol–water partition coefficient (Wildman–Crippen LogP) is 4.88. The minimum absolute atomic E-state index is 0.0334. The zero-order valence-corrected chi connectivity index (χ0v) is 20.4. The van der Waals surface area contributed by atoms with Crippen molar-refractivity contribution in [1.29, 1.82) is 0 Å². The number of rotatable bonds is 10. The fourth-order valence-corrected chi connectivity index (χ4v) is 4.43. The first-order valence-corrected chi connectivity index (χ1v) is 12.0. The Morgan fingerprint density at radius 2 is 1.77 bits per heavy atom. The second-order valence-electron chi connectivity index (χ2n) is 6.70. The third-order valence-electron chi connectivity index (χ3n) is 4.34. The molecule has 12 nitrogen and oxygen atoms in total. The number of hydrogen-bond acceptors (Lipinski definition) is 10. The van der Waals surface area contributed by atoms with Gasteiger partial charge in [0.25, 0.3) is 5.69 Å². The lowest BCUT2D eigenvalue weighted by atomic mass is 10.2. The topological polar surface area (TPSA) is 163 Å². The third-order valence-corrected chi connectivity index (χ3v) is 6.17. The predicted molar refractivity (Wildman–Crippen MR) is 131 cm³/mol. The summed E-state index contributed by atoms with van der Waals surface area (Å²) >= 11 is 3.28. The summed E-state index contributed by atoms with van der Waals surface area (Å²) in [6.07, 6.45) is 1.30.